The van der Waals surface area contributed by atoms with E-state index < -0.39 is 5.97 Å². The van der Waals surface area contributed by atoms with E-state index in [1.54, 1.807) is 6.08 Å². The number of allylic oxidation sites excluding steroid dienone is 2. The summed E-state index contributed by atoms with van der Waals surface area (Å²) in [6.45, 7) is 7.96. The monoisotopic (exact) mass is 382 g/mol. The third-order valence-electron chi connectivity index (χ3n) is 5.04. The van der Waals surface area contributed by atoms with Crippen LogP contribution in [0.15, 0.2) is 73.3 Å². The van der Waals surface area contributed by atoms with E-state index in [4.69, 9.17) is 4.74 Å². The summed E-state index contributed by atoms with van der Waals surface area (Å²) in [5.41, 5.74) is 5.75. The fourth-order valence-electron chi connectivity index (χ4n) is 3.73. The molecule has 4 rings (SSSR count). The molecule has 0 N–H and O–H groups in total. The third-order valence-corrected chi connectivity index (χ3v) is 5.04. The summed E-state index contributed by atoms with van der Waals surface area (Å²) in [7, 11) is 0. The van der Waals surface area contributed by atoms with Crippen molar-refractivity contribution < 1.29 is 9.53 Å². The summed E-state index contributed by atoms with van der Waals surface area (Å²) >= 11 is 0. The van der Waals surface area contributed by atoms with Crippen molar-refractivity contribution in [1.82, 2.24) is 9.38 Å². The normalized spacial score (nSPS) is 11.4. The van der Waals surface area contributed by atoms with Gasteiger partial charge in [-0.2, -0.15) is 0 Å². The standard InChI is InChI=1S/C25H22N2O2/c1-4-5-13-20-17(2)23-18(3)26-24(27(23)22-15-10-9-14-21(20)22)25(28)29-16-19-11-7-6-8-12-19/h4-15H,1,16H2,2-3H3/b13-5-. The summed E-state index contributed by atoms with van der Waals surface area (Å²) in [4.78, 5) is 17.5. The first-order chi connectivity index (χ1) is 14.1. The lowest BCUT2D eigenvalue weighted by Gasteiger charge is -2.13. The van der Waals surface area contributed by atoms with Crippen LogP contribution in [0.5, 0.6) is 0 Å². The van der Waals surface area contributed by atoms with Gasteiger partial charge < -0.3 is 4.74 Å². The number of carbonyl (C=O) groups excluding carboxylic acids is 1. The van der Waals surface area contributed by atoms with E-state index in [0.29, 0.717) is 5.82 Å². The van der Waals surface area contributed by atoms with Gasteiger partial charge in [0, 0.05) is 5.39 Å². The first-order valence-electron chi connectivity index (χ1n) is 9.52. The number of nitrogens with zero attached hydrogens (tertiary/aromatic N) is 2. The number of fused-ring (bicyclic) bond motifs is 3. The van der Waals surface area contributed by atoms with Gasteiger partial charge in [0.1, 0.15) is 6.61 Å². The molecule has 144 valence electrons. The zero-order valence-corrected chi connectivity index (χ0v) is 16.6. The molecule has 2 aromatic carbocycles. The second kappa shape index (κ2) is 7.76. The van der Waals surface area contributed by atoms with Crippen LogP contribution in [0.1, 0.15) is 33.0 Å². The molecule has 0 aliphatic carbocycles. The molecule has 4 aromatic rings. The van der Waals surface area contributed by atoms with Gasteiger partial charge >= 0.3 is 5.97 Å². The summed E-state index contributed by atoms with van der Waals surface area (Å²) in [5, 5.41) is 1.05. The van der Waals surface area contributed by atoms with E-state index in [1.165, 1.54) is 0 Å². The molecule has 0 aliphatic heterocycles. The Kier molecular flexibility index (Phi) is 5.00. The number of imidazole rings is 1. The second-order valence-corrected chi connectivity index (χ2v) is 6.92. The van der Waals surface area contributed by atoms with Crippen LogP contribution >= 0.6 is 0 Å². The fraction of sp³-hybridized carbons (Fsp3) is 0.120. The topological polar surface area (TPSA) is 43.6 Å². The van der Waals surface area contributed by atoms with Crippen LogP contribution in [-0.2, 0) is 11.3 Å². The third kappa shape index (κ3) is 3.34. The van der Waals surface area contributed by atoms with Gasteiger partial charge in [-0.25, -0.2) is 9.78 Å². The molecule has 4 heteroatoms. The Morgan fingerprint density at radius 2 is 1.83 bits per heavy atom. The van der Waals surface area contributed by atoms with E-state index in [-0.39, 0.29) is 6.61 Å². The maximum atomic E-state index is 12.9. The van der Waals surface area contributed by atoms with Gasteiger partial charge in [-0.3, -0.25) is 4.40 Å². The van der Waals surface area contributed by atoms with Crippen molar-refractivity contribution in [3.63, 3.8) is 0 Å². The first-order valence-corrected chi connectivity index (χ1v) is 9.52. The number of aromatic nitrogens is 2. The van der Waals surface area contributed by atoms with Crippen LogP contribution in [0.4, 0.5) is 0 Å². The minimum atomic E-state index is -0.434. The Balaban J connectivity index is 1.87. The van der Waals surface area contributed by atoms with Crippen LogP contribution in [0.25, 0.3) is 22.5 Å². The zero-order chi connectivity index (χ0) is 20.4. The van der Waals surface area contributed by atoms with Gasteiger partial charge in [-0.1, -0.05) is 73.3 Å². The van der Waals surface area contributed by atoms with Crippen LogP contribution < -0.4 is 0 Å². The highest BCUT2D eigenvalue weighted by molar-refractivity contribution is 5.98. The van der Waals surface area contributed by atoms with Gasteiger partial charge in [-0.15, -0.1) is 0 Å². The van der Waals surface area contributed by atoms with Gasteiger partial charge in [0.2, 0.25) is 5.82 Å². The second-order valence-electron chi connectivity index (χ2n) is 6.92. The molecule has 2 heterocycles. The average molecular weight is 382 g/mol. The molecule has 0 saturated carbocycles. The number of ether oxygens (including phenoxy) is 1. The molecule has 2 aromatic heterocycles. The van der Waals surface area contributed by atoms with E-state index in [9.17, 15) is 4.79 Å². The number of benzene rings is 2. The Morgan fingerprint density at radius 1 is 1.10 bits per heavy atom. The van der Waals surface area contributed by atoms with Crippen LogP contribution in [0.3, 0.4) is 0 Å². The predicted molar refractivity (Wildman–Crippen MR) is 117 cm³/mol. The molecule has 0 bridgehead atoms. The lowest BCUT2D eigenvalue weighted by molar-refractivity contribution is 0.0457. The van der Waals surface area contributed by atoms with Crippen molar-refractivity contribution in [2.45, 2.75) is 20.5 Å². The van der Waals surface area contributed by atoms with Crippen molar-refractivity contribution >= 4 is 28.5 Å². The molecular formula is C25H22N2O2. The van der Waals surface area contributed by atoms with E-state index in [2.05, 4.69) is 24.6 Å². The lowest BCUT2D eigenvalue weighted by atomic mass is 10.0. The van der Waals surface area contributed by atoms with Crippen LogP contribution in [0, 0.1) is 13.8 Å². The molecule has 0 saturated heterocycles. The van der Waals surface area contributed by atoms with E-state index in [0.717, 1.165) is 38.8 Å². The maximum Gasteiger partial charge on any atom is 0.375 e. The number of esters is 1. The molecule has 0 unspecified atom stereocenters. The van der Waals surface area contributed by atoms with Crippen molar-refractivity contribution in [3.05, 3.63) is 102 Å². The predicted octanol–water partition coefficient (Wildman–Crippen LogP) is 5.66. The molecule has 0 atom stereocenters. The number of aryl methyl sites for hydroxylation is 2. The van der Waals surface area contributed by atoms with Crippen LogP contribution in [0.2, 0.25) is 0 Å². The largest absolute Gasteiger partial charge is 0.455 e. The number of rotatable bonds is 5. The molecule has 0 aliphatic rings. The Morgan fingerprint density at radius 3 is 2.59 bits per heavy atom. The van der Waals surface area contributed by atoms with Crippen molar-refractivity contribution in [2.24, 2.45) is 0 Å². The van der Waals surface area contributed by atoms with E-state index >= 15 is 0 Å². The Bertz CT molecular complexity index is 1250. The van der Waals surface area contributed by atoms with Gasteiger partial charge in [0.05, 0.1) is 16.7 Å². The highest BCUT2D eigenvalue weighted by atomic mass is 16.5. The summed E-state index contributed by atoms with van der Waals surface area (Å²) in [5.74, 6) is -0.136. The zero-order valence-electron chi connectivity index (χ0n) is 16.6. The number of para-hydroxylation sites is 1. The highest BCUT2D eigenvalue weighted by Gasteiger charge is 2.22. The molecule has 0 radical (unpaired) electrons. The Hall–Kier alpha value is -3.66. The fourth-order valence-corrected chi connectivity index (χ4v) is 3.73. The van der Waals surface area contributed by atoms with E-state index in [1.807, 2.05) is 72.0 Å². The number of hydrogen-bond acceptors (Lipinski definition) is 3. The quantitative estimate of drug-likeness (QED) is 0.330. The number of carbonyl (C=O) groups is 1. The first kappa shape index (κ1) is 18.7. The molecule has 0 amide bonds. The maximum absolute atomic E-state index is 12.9. The summed E-state index contributed by atoms with van der Waals surface area (Å²) in [6, 6.07) is 17.7. The van der Waals surface area contributed by atoms with Gasteiger partial charge in [-0.05, 0) is 36.6 Å². The van der Waals surface area contributed by atoms with Crippen molar-refractivity contribution in [1.29, 1.82) is 0 Å². The molecular weight excluding hydrogens is 360 g/mol. The number of pyridine rings is 1. The van der Waals surface area contributed by atoms with Crippen molar-refractivity contribution in [3.8, 4) is 0 Å². The van der Waals surface area contributed by atoms with Crippen molar-refractivity contribution in [2.75, 3.05) is 0 Å². The minimum Gasteiger partial charge on any atom is -0.455 e. The average Bonchev–Trinajstić information content (AvgIpc) is 3.10. The summed E-state index contributed by atoms with van der Waals surface area (Å²) < 4.78 is 7.49. The summed E-state index contributed by atoms with van der Waals surface area (Å²) in [6.07, 6.45) is 5.73. The lowest BCUT2D eigenvalue weighted by Crippen LogP contribution is -2.11. The molecule has 0 spiro atoms. The molecule has 0 fully saturated rings. The Labute approximate surface area is 169 Å². The van der Waals surface area contributed by atoms with Gasteiger partial charge in [0.15, 0.2) is 0 Å². The smallest absolute Gasteiger partial charge is 0.375 e. The minimum absolute atomic E-state index is 0.213. The molecule has 29 heavy (non-hydrogen) atoms. The van der Waals surface area contributed by atoms with Crippen LogP contribution in [-0.4, -0.2) is 15.4 Å². The number of hydrogen-bond donors (Lipinski definition) is 0. The van der Waals surface area contributed by atoms with Gasteiger partial charge in [0.25, 0.3) is 0 Å². The molecule has 4 nitrogen and oxygen atoms in total. The SMILES string of the molecule is C=C/C=C\c1c(C)c2c(C)nc(C(=O)OCc3ccccc3)n2c2ccccc12. The highest BCUT2D eigenvalue weighted by Crippen LogP contribution is 2.30.